The lowest BCUT2D eigenvalue weighted by Gasteiger charge is -2.17. The number of rotatable bonds is 6. The van der Waals surface area contributed by atoms with E-state index in [0.29, 0.717) is 31.0 Å². The normalized spacial score (nSPS) is 17.1. The number of hydrogen-bond acceptors (Lipinski definition) is 7. The number of hydrogen-bond donors (Lipinski definition) is 1. The summed E-state index contributed by atoms with van der Waals surface area (Å²) in [5.74, 6) is 1.13. The molecule has 31 heavy (non-hydrogen) atoms. The molecule has 0 aliphatic carbocycles. The second-order valence-corrected chi connectivity index (χ2v) is 9.65. The standard InChI is InChI=1S/C22H26N4O4S/c1-14-11-19(24-18-5-7-20(29-4)8-6-18)12-21(23-14)17-9-10-26(13-17)31(27,28)22-15(2)25-30-16(22)3/h5-8,11-12,17H,9-10,13H2,1-4H3,(H,23,24)/t17-/m1/s1. The van der Waals surface area contributed by atoms with Gasteiger partial charge in [-0.25, -0.2) is 8.42 Å². The topological polar surface area (TPSA) is 97.6 Å². The summed E-state index contributed by atoms with van der Waals surface area (Å²) in [5, 5.41) is 7.19. The minimum atomic E-state index is -3.65. The molecule has 3 heterocycles. The van der Waals surface area contributed by atoms with E-state index >= 15 is 0 Å². The summed E-state index contributed by atoms with van der Waals surface area (Å²) in [4.78, 5) is 4.86. The fraction of sp³-hybridized carbons (Fsp3) is 0.364. The van der Waals surface area contributed by atoms with Crippen LogP contribution in [0.2, 0.25) is 0 Å². The Kier molecular flexibility index (Phi) is 5.72. The Morgan fingerprint density at radius 3 is 2.52 bits per heavy atom. The molecule has 3 aromatic rings. The molecule has 0 bridgehead atoms. The first-order chi connectivity index (χ1) is 14.8. The van der Waals surface area contributed by atoms with Crippen molar-refractivity contribution in [2.75, 3.05) is 25.5 Å². The predicted molar refractivity (Wildman–Crippen MR) is 117 cm³/mol. The third kappa shape index (κ3) is 4.28. The molecule has 2 aromatic heterocycles. The lowest BCUT2D eigenvalue weighted by atomic mass is 10.0. The number of nitrogens with one attached hydrogen (secondary N) is 1. The SMILES string of the molecule is COc1ccc(Nc2cc(C)nc([C@@H]3CCN(S(=O)(=O)c4c(C)noc4C)C3)c2)cc1. The summed E-state index contributed by atoms with van der Waals surface area (Å²) in [6, 6.07) is 11.6. The molecule has 0 spiro atoms. The highest BCUT2D eigenvalue weighted by atomic mass is 32.2. The second kappa shape index (κ2) is 8.32. The van der Waals surface area contributed by atoms with Crippen molar-refractivity contribution < 1.29 is 17.7 Å². The zero-order valence-corrected chi connectivity index (χ0v) is 18.9. The summed E-state index contributed by atoms with van der Waals surface area (Å²) in [5.41, 5.74) is 4.00. The fourth-order valence-electron chi connectivity index (χ4n) is 3.98. The van der Waals surface area contributed by atoms with E-state index in [0.717, 1.165) is 28.5 Å². The molecule has 0 unspecified atom stereocenters. The van der Waals surface area contributed by atoms with Gasteiger partial charge in [0, 0.05) is 41.8 Å². The molecule has 1 fully saturated rings. The van der Waals surface area contributed by atoms with Crippen molar-refractivity contribution in [2.24, 2.45) is 0 Å². The highest BCUT2D eigenvalue weighted by Crippen LogP contribution is 2.33. The Morgan fingerprint density at radius 1 is 1.13 bits per heavy atom. The van der Waals surface area contributed by atoms with Gasteiger partial charge in [-0.05, 0) is 63.6 Å². The zero-order valence-electron chi connectivity index (χ0n) is 18.0. The molecule has 8 nitrogen and oxygen atoms in total. The highest BCUT2D eigenvalue weighted by molar-refractivity contribution is 7.89. The zero-order chi connectivity index (χ0) is 22.2. The van der Waals surface area contributed by atoms with Crippen LogP contribution in [0.4, 0.5) is 11.4 Å². The Bertz CT molecular complexity index is 1170. The first-order valence-corrected chi connectivity index (χ1v) is 11.5. The van der Waals surface area contributed by atoms with Gasteiger partial charge < -0.3 is 14.6 Å². The fourth-order valence-corrected chi connectivity index (χ4v) is 5.77. The van der Waals surface area contributed by atoms with E-state index in [1.165, 1.54) is 4.31 Å². The maximum absolute atomic E-state index is 13.1. The van der Waals surface area contributed by atoms with Crippen LogP contribution < -0.4 is 10.1 Å². The van der Waals surface area contributed by atoms with Gasteiger partial charge in [-0.15, -0.1) is 0 Å². The van der Waals surface area contributed by atoms with Gasteiger partial charge in [-0.1, -0.05) is 5.16 Å². The van der Waals surface area contributed by atoms with Crippen molar-refractivity contribution in [3.05, 3.63) is 59.2 Å². The van der Waals surface area contributed by atoms with Gasteiger partial charge in [-0.3, -0.25) is 4.98 Å². The van der Waals surface area contributed by atoms with Crippen LogP contribution in [-0.4, -0.2) is 43.1 Å². The molecule has 1 N–H and O–H groups in total. The molecule has 9 heteroatoms. The molecule has 1 saturated heterocycles. The van der Waals surface area contributed by atoms with Gasteiger partial charge in [0.1, 0.15) is 16.3 Å². The van der Waals surface area contributed by atoms with E-state index in [9.17, 15) is 8.42 Å². The summed E-state index contributed by atoms with van der Waals surface area (Å²) >= 11 is 0. The number of aromatic nitrogens is 2. The van der Waals surface area contributed by atoms with E-state index in [1.54, 1.807) is 21.0 Å². The lowest BCUT2D eigenvalue weighted by Crippen LogP contribution is -2.29. The van der Waals surface area contributed by atoms with Crippen LogP contribution in [0.3, 0.4) is 0 Å². The number of benzene rings is 1. The second-order valence-electron chi connectivity index (χ2n) is 7.78. The molecule has 0 amide bonds. The van der Waals surface area contributed by atoms with E-state index in [-0.39, 0.29) is 10.8 Å². The number of pyridine rings is 1. The van der Waals surface area contributed by atoms with Crippen molar-refractivity contribution in [3.63, 3.8) is 0 Å². The number of ether oxygens (including phenoxy) is 1. The molecule has 0 radical (unpaired) electrons. The summed E-state index contributed by atoms with van der Waals surface area (Å²) in [7, 11) is -2.01. The highest BCUT2D eigenvalue weighted by Gasteiger charge is 2.37. The molecule has 1 aromatic carbocycles. The van der Waals surface area contributed by atoms with Crippen LogP contribution >= 0.6 is 0 Å². The third-order valence-electron chi connectivity index (χ3n) is 5.49. The summed E-state index contributed by atoms with van der Waals surface area (Å²) in [6.07, 6.45) is 0.709. The number of methoxy groups -OCH3 is 1. The van der Waals surface area contributed by atoms with Crippen molar-refractivity contribution in [1.29, 1.82) is 0 Å². The van der Waals surface area contributed by atoms with Crippen LogP contribution in [0.1, 0.15) is 35.2 Å². The number of sulfonamides is 1. The van der Waals surface area contributed by atoms with E-state index in [4.69, 9.17) is 9.26 Å². The summed E-state index contributed by atoms with van der Waals surface area (Å²) in [6.45, 7) is 6.03. The first-order valence-electron chi connectivity index (χ1n) is 10.1. The molecule has 1 aliphatic rings. The number of anilines is 2. The summed E-state index contributed by atoms with van der Waals surface area (Å²) < 4.78 is 38.0. The number of aryl methyl sites for hydroxylation is 3. The average Bonchev–Trinajstić information content (AvgIpc) is 3.36. The van der Waals surface area contributed by atoms with Crippen molar-refractivity contribution in [3.8, 4) is 5.75 Å². The molecule has 1 aliphatic heterocycles. The largest absolute Gasteiger partial charge is 0.497 e. The predicted octanol–water partition coefficient (Wildman–Crippen LogP) is 3.93. The monoisotopic (exact) mass is 442 g/mol. The molecule has 164 valence electrons. The molecular weight excluding hydrogens is 416 g/mol. The average molecular weight is 443 g/mol. The van der Waals surface area contributed by atoms with Crippen molar-refractivity contribution in [2.45, 2.75) is 38.0 Å². The van der Waals surface area contributed by atoms with Gasteiger partial charge >= 0.3 is 0 Å². The Hall–Kier alpha value is -2.91. The van der Waals surface area contributed by atoms with Crippen LogP contribution in [0.5, 0.6) is 5.75 Å². The number of nitrogens with zero attached hydrogens (tertiary/aromatic N) is 3. The Labute approximate surface area is 182 Å². The van der Waals surface area contributed by atoms with Gasteiger partial charge in [0.15, 0.2) is 5.76 Å². The van der Waals surface area contributed by atoms with E-state index in [2.05, 4.69) is 15.5 Å². The lowest BCUT2D eigenvalue weighted by molar-refractivity contribution is 0.389. The minimum absolute atomic E-state index is 0.0200. The molecule has 1 atom stereocenters. The molecule has 4 rings (SSSR count). The van der Waals surface area contributed by atoms with Gasteiger partial charge in [-0.2, -0.15) is 4.31 Å². The van der Waals surface area contributed by atoms with Crippen LogP contribution in [0.15, 0.2) is 45.8 Å². The van der Waals surface area contributed by atoms with Gasteiger partial charge in [0.05, 0.1) is 7.11 Å². The van der Waals surface area contributed by atoms with Crippen molar-refractivity contribution >= 4 is 21.4 Å². The van der Waals surface area contributed by atoms with Gasteiger partial charge in [0.2, 0.25) is 10.0 Å². The Balaban J connectivity index is 1.54. The Morgan fingerprint density at radius 2 is 1.87 bits per heavy atom. The van der Waals surface area contributed by atoms with E-state index < -0.39 is 10.0 Å². The maximum atomic E-state index is 13.1. The smallest absolute Gasteiger partial charge is 0.248 e. The van der Waals surface area contributed by atoms with Gasteiger partial charge in [0.25, 0.3) is 0 Å². The molecule has 0 saturated carbocycles. The quantitative estimate of drug-likeness (QED) is 0.618. The first kappa shape index (κ1) is 21.3. The van der Waals surface area contributed by atoms with Crippen LogP contribution in [0, 0.1) is 20.8 Å². The van der Waals surface area contributed by atoms with Crippen LogP contribution in [-0.2, 0) is 10.0 Å². The van der Waals surface area contributed by atoms with E-state index in [1.807, 2.05) is 43.3 Å². The van der Waals surface area contributed by atoms with Crippen LogP contribution in [0.25, 0.3) is 0 Å². The molecular formula is C22H26N4O4S. The minimum Gasteiger partial charge on any atom is -0.497 e. The maximum Gasteiger partial charge on any atom is 0.248 e. The van der Waals surface area contributed by atoms with Crippen molar-refractivity contribution in [1.82, 2.24) is 14.4 Å². The third-order valence-corrected chi connectivity index (χ3v) is 7.60.